The first-order chi connectivity index (χ1) is 12.0. The van der Waals surface area contributed by atoms with Gasteiger partial charge in [0.05, 0.1) is 12.7 Å². The number of hydrogen-bond acceptors (Lipinski definition) is 5. The van der Waals surface area contributed by atoms with Gasteiger partial charge in [0.15, 0.2) is 0 Å². The summed E-state index contributed by atoms with van der Waals surface area (Å²) < 4.78 is 4.65. The van der Waals surface area contributed by atoms with Crippen molar-refractivity contribution in [3.8, 4) is 0 Å². The SMILES string of the molecule is CCCCN(C)c1ccnc(C(=O)Nc2ccc(C(=O)OC)cc2)c1. The second-order valence-corrected chi connectivity index (χ2v) is 5.70. The highest BCUT2D eigenvalue weighted by molar-refractivity contribution is 6.03. The molecule has 0 saturated carbocycles. The molecule has 0 aliphatic rings. The van der Waals surface area contributed by atoms with Gasteiger partial charge in [-0.1, -0.05) is 13.3 Å². The lowest BCUT2D eigenvalue weighted by Crippen LogP contribution is -2.20. The summed E-state index contributed by atoms with van der Waals surface area (Å²) in [5, 5.41) is 2.78. The van der Waals surface area contributed by atoms with Crippen molar-refractivity contribution in [2.75, 3.05) is 30.9 Å². The summed E-state index contributed by atoms with van der Waals surface area (Å²) >= 11 is 0. The summed E-state index contributed by atoms with van der Waals surface area (Å²) in [7, 11) is 3.33. The Kier molecular flexibility index (Phi) is 6.51. The van der Waals surface area contributed by atoms with Gasteiger partial charge in [0.25, 0.3) is 5.91 Å². The Morgan fingerprint density at radius 1 is 1.20 bits per heavy atom. The van der Waals surface area contributed by atoms with Crippen LogP contribution >= 0.6 is 0 Å². The number of carbonyl (C=O) groups is 2. The zero-order valence-electron chi connectivity index (χ0n) is 14.8. The highest BCUT2D eigenvalue weighted by Gasteiger charge is 2.11. The van der Waals surface area contributed by atoms with Crippen molar-refractivity contribution in [3.05, 3.63) is 53.9 Å². The number of aromatic nitrogens is 1. The molecule has 1 aromatic carbocycles. The van der Waals surface area contributed by atoms with Crippen molar-refractivity contribution in [3.63, 3.8) is 0 Å². The minimum atomic E-state index is -0.414. The van der Waals surface area contributed by atoms with Crippen molar-refractivity contribution in [1.82, 2.24) is 4.98 Å². The van der Waals surface area contributed by atoms with E-state index < -0.39 is 5.97 Å². The van der Waals surface area contributed by atoms with E-state index in [0.29, 0.717) is 16.9 Å². The van der Waals surface area contributed by atoms with Gasteiger partial charge >= 0.3 is 5.97 Å². The van der Waals surface area contributed by atoms with Crippen LogP contribution in [-0.2, 0) is 4.74 Å². The van der Waals surface area contributed by atoms with Gasteiger partial charge in [-0.25, -0.2) is 4.79 Å². The number of esters is 1. The van der Waals surface area contributed by atoms with E-state index in [1.54, 1.807) is 36.5 Å². The van der Waals surface area contributed by atoms with Crippen molar-refractivity contribution in [1.29, 1.82) is 0 Å². The van der Waals surface area contributed by atoms with Gasteiger partial charge in [0, 0.05) is 31.2 Å². The molecule has 2 rings (SSSR count). The van der Waals surface area contributed by atoms with Crippen LogP contribution in [0.2, 0.25) is 0 Å². The van der Waals surface area contributed by atoms with Crippen LogP contribution in [0.3, 0.4) is 0 Å². The van der Waals surface area contributed by atoms with Crippen molar-refractivity contribution in [2.24, 2.45) is 0 Å². The zero-order chi connectivity index (χ0) is 18.2. The number of methoxy groups -OCH3 is 1. The van der Waals surface area contributed by atoms with Crippen LogP contribution in [0, 0.1) is 0 Å². The summed E-state index contributed by atoms with van der Waals surface area (Å²) in [6.45, 7) is 3.07. The van der Waals surface area contributed by atoms with E-state index in [9.17, 15) is 9.59 Å². The van der Waals surface area contributed by atoms with Crippen molar-refractivity contribution >= 4 is 23.3 Å². The highest BCUT2D eigenvalue weighted by Crippen LogP contribution is 2.16. The number of benzene rings is 1. The molecule has 2 aromatic rings. The van der Waals surface area contributed by atoms with Gasteiger partial charge < -0.3 is 15.0 Å². The first-order valence-electron chi connectivity index (χ1n) is 8.22. The lowest BCUT2D eigenvalue weighted by Gasteiger charge is -2.19. The van der Waals surface area contributed by atoms with Gasteiger partial charge in [-0.05, 0) is 42.8 Å². The van der Waals surface area contributed by atoms with E-state index in [2.05, 4.69) is 26.9 Å². The highest BCUT2D eigenvalue weighted by atomic mass is 16.5. The molecule has 0 unspecified atom stereocenters. The number of ether oxygens (including phenoxy) is 1. The molecule has 25 heavy (non-hydrogen) atoms. The molecule has 0 bridgehead atoms. The van der Waals surface area contributed by atoms with Gasteiger partial charge in [-0.15, -0.1) is 0 Å². The van der Waals surface area contributed by atoms with E-state index in [1.807, 2.05) is 13.1 Å². The number of amides is 1. The average Bonchev–Trinajstić information content (AvgIpc) is 2.66. The summed E-state index contributed by atoms with van der Waals surface area (Å²) in [6.07, 6.45) is 3.84. The quantitative estimate of drug-likeness (QED) is 0.782. The number of anilines is 2. The normalized spacial score (nSPS) is 10.2. The van der Waals surface area contributed by atoms with Crippen LogP contribution in [0.4, 0.5) is 11.4 Å². The molecular formula is C19H23N3O3. The number of unbranched alkanes of at least 4 members (excludes halogenated alkanes) is 1. The van der Waals surface area contributed by atoms with Crippen LogP contribution in [0.1, 0.15) is 40.6 Å². The Hall–Kier alpha value is -2.89. The Bertz CT molecular complexity index is 729. The fourth-order valence-corrected chi connectivity index (χ4v) is 2.31. The molecule has 0 atom stereocenters. The molecule has 132 valence electrons. The van der Waals surface area contributed by atoms with E-state index in [-0.39, 0.29) is 5.91 Å². The number of carbonyl (C=O) groups excluding carboxylic acids is 2. The van der Waals surface area contributed by atoms with E-state index in [1.165, 1.54) is 7.11 Å². The third-order valence-electron chi connectivity index (χ3n) is 3.83. The number of nitrogens with one attached hydrogen (secondary N) is 1. The molecule has 0 saturated heterocycles. The monoisotopic (exact) mass is 341 g/mol. The van der Waals surface area contributed by atoms with Gasteiger partial charge in [-0.2, -0.15) is 0 Å². The van der Waals surface area contributed by atoms with Crippen LogP contribution in [0.15, 0.2) is 42.6 Å². The summed E-state index contributed by atoms with van der Waals surface area (Å²) in [5.41, 5.74) is 2.31. The molecule has 0 aliphatic carbocycles. The molecule has 0 spiro atoms. The second kappa shape index (κ2) is 8.82. The minimum absolute atomic E-state index is 0.295. The number of hydrogen-bond donors (Lipinski definition) is 1. The molecule has 0 aliphatic heterocycles. The summed E-state index contributed by atoms with van der Waals surface area (Å²) in [4.78, 5) is 30.1. The molecule has 0 radical (unpaired) electrons. The molecule has 1 aromatic heterocycles. The fourth-order valence-electron chi connectivity index (χ4n) is 2.31. The van der Waals surface area contributed by atoms with Gasteiger partial charge in [-0.3, -0.25) is 9.78 Å². The predicted molar refractivity (Wildman–Crippen MR) is 98.1 cm³/mol. The van der Waals surface area contributed by atoms with Gasteiger partial charge in [0.1, 0.15) is 5.69 Å². The maximum Gasteiger partial charge on any atom is 0.337 e. The average molecular weight is 341 g/mol. The number of rotatable bonds is 7. The number of pyridine rings is 1. The molecule has 1 N–H and O–H groups in total. The lowest BCUT2D eigenvalue weighted by atomic mass is 10.2. The Labute approximate surface area is 147 Å². The Balaban J connectivity index is 2.06. The number of nitrogens with zero attached hydrogens (tertiary/aromatic N) is 2. The topological polar surface area (TPSA) is 71.5 Å². The summed E-state index contributed by atoms with van der Waals surface area (Å²) in [6, 6.07) is 10.2. The van der Waals surface area contributed by atoms with E-state index >= 15 is 0 Å². The molecule has 6 nitrogen and oxygen atoms in total. The third kappa shape index (κ3) is 5.04. The van der Waals surface area contributed by atoms with Crippen LogP contribution in [-0.4, -0.2) is 37.6 Å². The molecule has 6 heteroatoms. The summed E-state index contributed by atoms with van der Waals surface area (Å²) in [5.74, 6) is -0.709. The largest absolute Gasteiger partial charge is 0.465 e. The molecule has 0 fully saturated rings. The molecular weight excluding hydrogens is 318 g/mol. The first kappa shape index (κ1) is 18.4. The van der Waals surface area contributed by atoms with Gasteiger partial charge in [0.2, 0.25) is 0 Å². The second-order valence-electron chi connectivity index (χ2n) is 5.70. The minimum Gasteiger partial charge on any atom is -0.465 e. The Morgan fingerprint density at radius 3 is 2.56 bits per heavy atom. The van der Waals surface area contributed by atoms with Crippen molar-refractivity contribution < 1.29 is 14.3 Å². The zero-order valence-corrected chi connectivity index (χ0v) is 14.8. The van der Waals surface area contributed by atoms with Crippen LogP contribution < -0.4 is 10.2 Å². The Morgan fingerprint density at radius 2 is 1.92 bits per heavy atom. The third-order valence-corrected chi connectivity index (χ3v) is 3.83. The van der Waals surface area contributed by atoms with Crippen LogP contribution in [0.25, 0.3) is 0 Å². The first-order valence-corrected chi connectivity index (χ1v) is 8.22. The maximum atomic E-state index is 12.4. The fraction of sp³-hybridized carbons (Fsp3) is 0.316. The maximum absolute atomic E-state index is 12.4. The van der Waals surface area contributed by atoms with Crippen LogP contribution in [0.5, 0.6) is 0 Å². The standard InChI is InChI=1S/C19H23N3O3/c1-4-5-12-22(2)16-10-11-20-17(13-16)18(23)21-15-8-6-14(7-9-15)19(24)25-3/h6-11,13H,4-5,12H2,1-3H3,(H,21,23). The lowest BCUT2D eigenvalue weighted by molar-refractivity contribution is 0.0600. The smallest absolute Gasteiger partial charge is 0.337 e. The molecule has 1 amide bonds. The van der Waals surface area contributed by atoms with E-state index in [4.69, 9.17) is 0 Å². The van der Waals surface area contributed by atoms with E-state index in [0.717, 1.165) is 25.1 Å². The molecule has 1 heterocycles. The predicted octanol–water partition coefficient (Wildman–Crippen LogP) is 3.36. The van der Waals surface area contributed by atoms with Crippen molar-refractivity contribution in [2.45, 2.75) is 19.8 Å².